The zero-order valence-corrected chi connectivity index (χ0v) is 13.7. The second kappa shape index (κ2) is 8.10. The van der Waals surface area contributed by atoms with Crippen LogP contribution in [0.25, 0.3) is 6.08 Å². The minimum absolute atomic E-state index is 0.0959. The first-order chi connectivity index (χ1) is 11.5. The molecule has 1 aromatic heterocycles. The summed E-state index contributed by atoms with van der Waals surface area (Å²) in [5.74, 6) is -0.922. The van der Waals surface area contributed by atoms with Gasteiger partial charge in [-0.3, -0.25) is 4.79 Å². The van der Waals surface area contributed by atoms with Gasteiger partial charge in [-0.2, -0.15) is 0 Å². The number of hydrogen-bond acceptors (Lipinski definition) is 4. The molecule has 0 unspecified atom stereocenters. The first-order valence-electron chi connectivity index (χ1n) is 7.66. The Morgan fingerprint density at radius 1 is 1.29 bits per heavy atom. The Hall–Kier alpha value is -2.89. The molecule has 1 N–H and O–H groups in total. The summed E-state index contributed by atoms with van der Waals surface area (Å²) >= 11 is 0. The summed E-state index contributed by atoms with van der Waals surface area (Å²) in [5.41, 5.74) is 1.85. The smallest absolute Gasteiger partial charge is 0.334 e. The highest BCUT2D eigenvalue weighted by Gasteiger charge is 2.16. The molecule has 1 aromatic carbocycles. The lowest BCUT2D eigenvalue weighted by Gasteiger charge is -2.10. The van der Waals surface area contributed by atoms with Crippen molar-refractivity contribution in [1.82, 2.24) is 9.55 Å². The molecule has 0 bridgehead atoms. The van der Waals surface area contributed by atoms with E-state index in [1.165, 1.54) is 6.08 Å². The van der Waals surface area contributed by atoms with Gasteiger partial charge >= 0.3 is 11.9 Å². The molecule has 0 saturated heterocycles. The van der Waals surface area contributed by atoms with Gasteiger partial charge in [-0.15, -0.1) is 0 Å². The number of imidazole rings is 1. The van der Waals surface area contributed by atoms with Crippen LogP contribution in [0.2, 0.25) is 0 Å². The summed E-state index contributed by atoms with van der Waals surface area (Å²) < 4.78 is 6.87. The fourth-order valence-electron chi connectivity index (χ4n) is 2.32. The van der Waals surface area contributed by atoms with E-state index in [9.17, 15) is 9.59 Å². The van der Waals surface area contributed by atoms with E-state index in [0.29, 0.717) is 12.2 Å². The third-order valence-corrected chi connectivity index (χ3v) is 3.47. The number of aromatic nitrogens is 2. The van der Waals surface area contributed by atoms with E-state index in [1.807, 2.05) is 41.8 Å². The van der Waals surface area contributed by atoms with E-state index in [4.69, 9.17) is 9.84 Å². The van der Waals surface area contributed by atoms with Gasteiger partial charge < -0.3 is 14.4 Å². The molecule has 0 radical (unpaired) electrons. The summed E-state index contributed by atoms with van der Waals surface area (Å²) in [6, 6.07) is 9.83. The largest absolute Gasteiger partial charge is 0.481 e. The molecule has 0 saturated carbocycles. The van der Waals surface area contributed by atoms with Crippen molar-refractivity contribution >= 4 is 18.0 Å². The van der Waals surface area contributed by atoms with Gasteiger partial charge in [-0.25, -0.2) is 9.78 Å². The highest BCUT2D eigenvalue weighted by Crippen LogP contribution is 2.16. The number of esters is 1. The zero-order valence-electron chi connectivity index (χ0n) is 13.7. The topological polar surface area (TPSA) is 81.4 Å². The average Bonchev–Trinajstić information content (AvgIpc) is 2.88. The molecule has 0 aliphatic heterocycles. The predicted octanol–water partition coefficient (Wildman–Crippen LogP) is 2.66. The predicted molar refractivity (Wildman–Crippen MR) is 89.4 cm³/mol. The number of ether oxygens (including phenoxy) is 1. The number of carbonyl (C=O) groups excluding carboxylic acids is 1. The minimum Gasteiger partial charge on any atom is -0.481 e. The SMILES string of the molecule is CCOC(=O)/C(=C\c1cnc(C)n1Cc1ccccc1)CC(=O)O. The van der Waals surface area contributed by atoms with Gasteiger partial charge in [0.25, 0.3) is 0 Å². The Labute approximate surface area is 140 Å². The molecule has 6 heteroatoms. The quantitative estimate of drug-likeness (QED) is 0.624. The number of nitrogens with zero attached hydrogens (tertiary/aromatic N) is 2. The third-order valence-electron chi connectivity index (χ3n) is 3.47. The van der Waals surface area contributed by atoms with Crippen LogP contribution >= 0.6 is 0 Å². The second-order valence-electron chi connectivity index (χ2n) is 5.26. The number of carboxylic acid groups (broad SMARTS) is 1. The molecule has 6 nitrogen and oxygen atoms in total. The molecule has 0 spiro atoms. The van der Waals surface area contributed by atoms with Gasteiger partial charge in [0.15, 0.2) is 0 Å². The van der Waals surface area contributed by atoms with Crippen molar-refractivity contribution in [3.05, 3.63) is 59.2 Å². The van der Waals surface area contributed by atoms with Crippen LogP contribution in [0.5, 0.6) is 0 Å². The van der Waals surface area contributed by atoms with Gasteiger partial charge in [0.05, 0.1) is 30.5 Å². The molecular formula is C18H20N2O4. The molecule has 24 heavy (non-hydrogen) atoms. The molecule has 0 amide bonds. The highest BCUT2D eigenvalue weighted by molar-refractivity contribution is 5.97. The van der Waals surface area contributed by atoms with E-state index in [2.05, 4.69) is 4.98 Å². The number of carboxylic acids is 1. The van der Waals surface area contributed by atoms with E-state index in [-0.39, 0.29) is 12.2 Å². The Morgan fingerprint density at radius 2 is 2.00 bits per heavy atom. The monoisotopic (exact) mass is 328 g/mol. The van der Waals surface area contributed by atoms with Crippen molar-refractivity contribution in [2.24, 2.45) is 0 Å². The van der Waals surface area contributed by atoms with Crippen molar-refractivity contribution < 1.29 is 19.4 Å². The first kappa shape index (κ1) is 17.5. The van der Waals surface area contributed by atoms with Gasteiger partial charge in [-0.05, 0) is 25.5 Å². The average molecular weight is 328 g/mol. The minimum atomic E-state index is -1.08. The molecule has 1 heterocycles. The molecular weight excluding hydrogens is 308 g/mol. The standard InChI is InChI=1S/C18H20N2O4/c1-3-24-18(23)15(10-17(21)22)9-16-11-19-13(2)20(16)12-14-7-5-4-6-8-14/h4-9,11H,3,10,12H2,1-2H3,(H,21,22)/b15-9-. The highest BCUT2D eigenvalue weighted by atomic mass is 16.5. The zero-order chi connectivity index (χ0) is 17.5. The van der Waals surface area contributed by atoms with Crippen LogP contribution in [-0.4, -0.2) is 33.2 Å². The van der Waals surface area contributed by atoms with Crippen LogP contribution in [0, 0.1) is 6.92 Å². The van der Waals surface area contributed by atoms with Gasteiger partial charge in [-0.1, -0.05) is 30.3 Å². The van der Waals surface area contributed by atoms with Crippen molar-refractivity contribution in [2.45, 2.75) is 26.8 Å². The molecule has 0 atom stereocenters. The summed E-state index contributed by atoms with van der Waals surface area (Å²) in [6.45, 7) is 4.32. The molecule has 2 rings (SSSR count). The molecule has 0 aliphatic rings. The van der Waals surface area contributed by atoms with E-state index in [0.717, 1.165) is 11.4 Å². The molecule has 0 aliphatic carbocycles. The number of benzene rings is 1. The van der Waals surface area contributed by atoms with Crippen LogP contribution in [0.1, 0.15) is 30.4 Å². The molecule has 126 valence electrons. The van der Waals surface area contributed by atoms with Crippen LogP contribution in [0.4, 0.5) is 0 Å². The third kappa shape index (κ3) is 4.55. The Kier molecular flexibility index (Phi) is 5.89. The van der Waals surface area contributed by atoms with Gasteiger partial charge in [0.1, 0.15) is 5.82 Å². The van der Waals surface area contributed by atoms with Crippen LogP contribution in [0.3, 0.4) is 0 Å². The van der Waals surface area contributed by atoms with E-state index >= 15 is 0 Å². The fraction of sp³-hybridized carbons (Fsp3) is 0.278. The first-order valence-corrected chi connectivity index (χ1v) is 7.66. The maximum atomic E-state index is 12.0. The number of carbonyl (C=O) groups is 2. The lowest BCUT2D eigenvalue weighted by molar-refractivity contribution is -0.142. The Bertz CT molecular complexity index is 748. The molecule has 0 fully saturated rings. The fourth-order valence-corrected chi connectivity index (χ4v) is 2.32. The van der Waals surface area contributed by atoms with Crippen LogP contribution in [0.15, 0.2) is 42.1 Å². The van der Waals surface area contributed by atoms with E-state index in [1.54, 1.807) is 13.1 Å². The normalized spacial score (nSPS) is 11.3. The number of rotatable bonds is 7. The molecule has 2 aromatic rings. The maximum absolute atomic E-state index is 12.0. The lowest BCUT2D eigenvalue weighted by Crippen LogP contribution is -2.12. The van der Waals surface area contributed by atoms with Crippen molar-refractivity contribution in [3.8, 4) is 0 Å². The van der Waals surface area contributed by atoms with Gasteiger partial charge in [0, 0.05) is 6.54 Å². The number of hydrogen-bond donors (Lipinski definition) is 1. The summed E-state index contributed by atoms with van der Waals surface area (Å²) in [7, 11) is 0. The number of aryl methyl sites for hydroxylation is 1. The van der Waals surface area contributed by atoms with Crippen LogP contribution < -0.4 is 0 Å². The lowest BCUT2D eigenvalue weighted by atomic mass is 10.1. The maximum Gasteiger partial charge on any atom is 0.334 e. The Morgan fingerprint density at radius 3 is 2.62 bits per heavy atom. The Balaban J connectivity index is 2.35. The summed E-state index contributed by atoms with van der Waals surface area (Å²) in [4.78, 5) is 27.3. The second-order valence-corrected chi connectivity index (χ2v) is 5.26. The van der Waals surface area contributed by atoms with Crippen molar-refractivity contribution in [2.75, 3.05) is 6.61 Å². The van der Waals surface area contributed by atoms with Gasteiger partial charge in [0.2, 0.25) is 0 Å². The van der Waals surface area contributed by atoms with Crippen molar-refractivity contribution in [1.29, 1.82) is 0 Å². The van der Waals surface area contributed by atoms with E-state index < -0.39 is 18.4 Å². The summed E-state index contributed by atoms with van der Waals surface area (Å²) in [6.07, 6.45) is 2.77. The van der Waals surface area contributed by atoms with Crippen molar-refractivity contribution in [3.63, 3.8) is 0 Å². The summed E-state index contributed by atoms with van der Waals surface area (Å²) in [5, 5.41) is 9.02. The van der Waals surface area contributed by atoms with Crippen LogP contribution in [-0.2, 0) is 20.9 Å². The number of aliphatic carboxylic acids is 1.